The van der Waals surface area contributed by atoms with Gasteiger partial charge in [-0.15, -0.1) is 0 Å². The first kappa shape index (κ1) is 10.1. The topological polar surface area (TPSA) is 54.4 Å². The Kier molecular flexibility index (Phi) is 4.15. The molecule has 0 aliphatic heterocycles. The molecule has 1 N–H and O–H groups in total. The van der Waals surface area contributed by atoms with Crippen molar-refractivity contribution in [3.63, 3.8) is 0 Å². The highest BCUT2D eigenvalue weighted by atomic mass is 32.2. The van der Waals surface area contributed by atoms with Crippen molar-refractivity contribution in [2.45, 2.75) is 31.1 Å². The molecular weight excluding hydrogens is 168 g/mol. The second-order valence-electron chi connectivity index (χ2n) is 2.08. The van der Waals surface area contributed by atoms with E-state index in [-0.39, 0.29) is 0 Å². The molecule has 0 aromatic rings. The molecule has 3 nitrogen and oxygen atoms in total. The molecule has 1 unspecified atom stereocenters. The molecule has 0 heterocycles. The lowest BCUT2D eigenvalue weighted by Gasteiger charge is -2.08. The lowest BCUT2D eigenvalue weighted by molar-refractivity contribution is 0.461. The zero-order valence-corrected chi connectivity index (χ0v) is 7.69. The van der Waals surface area contributed by atoms with E-state index in [9.17, 15) is 8.42 Å². The normalized spacial score (nSPS) is 15.1. The van der Waals surface area contributed by atoms with E-state index in [2.05, 4.69) is 10.2 Å². The third-order valence-corrected chi connectivity index (χ3v) is 3.04. The van der Waals surface area contributed by atoms with Crippen LogP contribution in [0.2, 0.25) is 6.04 Å². The molecule has 0 fully saturated rings. The van der Waals surface area contributed by atoms with E-state index in [0.717, 1.165) is 0 Å². The molecule has 0 aromatic carbocycles. The Balaban J connectivity index is 4.08. The summed E-state index contributed by atoms with van der Waals surface area (Å²) < 4.78 is 29.5. The third kappa shape index (κ3) is 3.33. The van der Waals surface area contributed by atoms with Crippen LogP contribution >= 0.6 is 0 Å². The fraction of sp³-hybridized carbons (Fsp3) is 1.00. The molecule has 0 amide bonds. The Morgan fingerprint density at radius 1 is 1.60 bits per heavy atom. The van der Waals surface area contributed by atoms with Gasteiger partial charge >= 0.3 is 0 Å². The Labute approximate surface area is 65.0 Å². The first-order valence-corrected chi connectivity index (χ1v) is 5.34. The van der Waals surface area contributed by atoms with Crippen molar-refractivity contribution in [3.05, 3.63) is 0 Å². The van der Waals surface area contributed by atoms with E-state index in [1.807, 2.05) is 0 Å². The molecule has 0 saturated carbocycles. The largest absolute Gasteiger partial charge is 0.285 e. The quantitative estimate of drug-likeness (QED) is 0.508. The van der Waals surface area contributed by atoms with E-state index >= 15 is 0 Å². The molecule has 10 heavy (non-hydrogen) atoms. The molecule has 0 saturated heterocycles. The summed E-state index contributed by atoms with van der Waals surface area (Å²) in [4.78, 5) is 0. The van der Waals surface area contributed by atoms with Crippen molar-refractivity contribution in [1.82, 2.24) is 0 Å². The van der Waals surface area contributed by atoms with E-state index in [4.69, 9.17) is 4.55 Å². The lowest BCUT2D eigenvalue weighted by atomic mass is 10.3. The Hall–Kier alpha value is 0.127. The maximum absolute atomic E-state index is 10.5. The van der Waals surface area contributed by atoms with Gasteiger partial charge < -0.3 is 0 Å². The van der Waals surface area contributed by atoms with Crippen LogP contribution in [0.15, 0.2) is 0 Å². The minimum atomic E-state index is -3.81. The molecule has 1 atom stereocenters. The van der Waals surface area contributed by atoms with Crippen LogP contribution < -0.4 is 0 Å². The highest BCUT2D eigenvalue weighted by Crippen LogP contribution is 2.09. The van der Waals surface area contributed by atoms with Crippen LogP contribution in [-0.4, -0.2) is 28.5 Å². The van der Waals surface area contributed by atoms with Crippen LogP contribution in [0.1, 0.15) is 19.8 Å². The molecule has 0 aromatic heterocycles. The van der Waals surface area contributed by atoms with Crippen LogP contribution in [0.25, 0.3) is 0 Å². The summed E-state index contributed by atoms with van der Waals surface area (Å²) >= 11 is 0. The number of hydrogen-bond donors (Lipinski definition) is 1. The van der Waals surface area contributed by atoms with Gasteiger partial charge in [0.2, 0.25) is 0 Å². The molecule has 0 aliphatic rings. The van der Waals surface area contributed by atoms with Gasteiger partial charge in [-0.05, 0) is 12.8 Å². The van der Waals surface area contributed by atoms with Crippen molar-refractivity contribution in [1.29, 1.82) is 0 Å². The van der Waals surface area contributed by atoms with Crippen molar-refractivity contribution >= 4 is 20.4 Å². The summed E-state index contributed by atoms with van der Waals surface area (Å²) in [5.41, 5.74) is 0. The molecule has 0 bridgehead atoms. The fourth-order valence-electron chi connectivity index (χ4n) is 0.725. The molecule has 5 heteroatoms. The average molecular weight is 179 g/mol. The van der Waals surface area contributed by atoms with Gasteiger partial charge in [0, 0.05) is 10.2 Å². The zero-order chi connectivity index (χ0) is 8.20. The summed E-state index contributed by atoms with van der Waals surface area (Å²) in [5.74, 6) is 0. The van der Waals surface area contributed by atoms with Gasteiger partial charge in [-0.25, -0.2) is 0 Å². The van der Waals surface area contributed by atoms with Gasteiger partial charge in [-0.2, -0.15) is 8.42 Å². The van der Waals surface area contributed by atoms with Crippen molar-refractivity contribution in [2.75, 3.05) is 0 Å². The maximum Gasteiger partial charge on any atom is 0.267 e. The van der Waals surface area contributed by atoms with Gasteiger partial charge in [0.15, 0.2) is 0 Å². The molecular formula is C5H11O3SSi. The summed E-state index contributed by atoms with van der Waals surface area (Å²) in [5, 5.41) is -0.606. The highest BCUT2D eigenvalue weighted by Gasteiger charge is 2.18. The SMILES string of the molecule is CCC(CC[Si])S(=O)(=O)O. The van der Waals surface area contributed by atoms with E-state index in [0.29, 0.717) is 18.9 Å². The third-order valence-electron chi connectivity index (χ3n) is 1.34. The minimum Gasteiger partial charge on any atom is -0.285 e. The van der Waals surface area contributed by atoms with Crippen LogP contribution in [0.4, 0.5) is 0 Å². The van der Waals surface area contributed by atoms with Gasteiger partial charge in [-0.3, -0.25) is 4.55 Å². The lowest BCUT2D eigenvalue weighted by Crippen LogP contribution is -2.18. The second kappa shape index (κ2) is 4.10. The summed E-state index contributed by atoms with van der Waals surface area (Å²) in [6.07, 6.45) is 0.926. The van der Waals surface area contributed by atoms with Crippen LogP contribution in [-0.2, 0) is 10.1 Å². The van der Waals surface area contributed by atoms with Crippen LogP contribution in [0.3, 0.4) is 0 Å². The van der Waals surface area contributed by atoms with E-state index in [1.165, 1.54) is 0 Å². The highest BCUT2D eigenvalue weighted by molar-refractivity contribution is 7.86. The van der Waals surface area contributed by atoms with Crippen molar-refractivity contribution in [3.8, 4) is 0 Å². The standard InChI is InChI=1S/C5H11O3SSi/c1-2-5(3-4-10)9(6,7)8/h5H,2-4H2,1H3,(H,6,7,8). The summed E-state index contributed by atoms with van der Waals surface area (Å²) in [6.45, 7) is 1.74. The van der Waals surface area contributed by atoms with Gasteiger partial charge in [-0.1, -0.05) is 13.0 Å². The predicted octanol–water partition coefficient (Wildman–Crippen LogP) is 0.630. The molecule has 3 radical (unpaired) electrons. The Morgan fingerprint density at radius 2 is 2.10 bits per heavy atom. The van der Waals surface area contributed by atoms with Crippen LogP contribution in [0, 0.1) is 0 Å². The smallest absolute Gasteiger partial charge is 0.267 e. The monoisotopic (exact) mass is 179 g/mol. The summed E-state index contributed by atoms with van der Waals surface area (Å²) in [7, 11) is -0.656. The number of hydrogen-bond acceptors (Lipinski definition) is 2. The average Bonchev–Trinajstić information content (AvgIpc) is 1.80. The minimum absolute atomic E-state index is 0.462. The predicted molar refractivity (Wildman–Crippen MR) is 40.8 cm³/mol. The van der Waals surface area contributed by atoms with E-state index in [1.54, 1.807) is 6.92 Å². The molecule has 59 valence electrons. The van der Waals surface area contributed by atoms with Crippen LogP contribution in [0.5, 0.6) is 0 Å². The first-order valence-electron chi connectivity index (χ1n) is 3.13. The first-order chi connectivity index (χ1) is 4.52. The Bertz CT molecular complexity index is 175. The summed E-state index contributed by atoms with van der Waals surface area (Å²) in [6, 6.07) is 0.596. The zero-order valence-electron chi connectivity index (χ0n) is 5.87. The molecule has 0 spiro atoms. The fourth-order valence-corrected chi connectivity index (χ4v) is 2.12. The second-order valence-corrected chi connectivity index (χ2v) is 4.28. The maximum atomic E-state index is 10.5. The van der Waals surface area contributed by atoms with E-state index < -0.39 is 15.4 Å². The van der Waals surface area contributed by atoms with Gasteiger partial charge in [0.1, 0.15) is 0 Å². The van der Waals surface area contributed by atoms with Crippen molar-refractivity contribution < 1.29 is 13.0 Å². The molecule has 0 aliphatic carbocycles. The van der Waals surface area contributed by atoms with Gasteiger partial charge in [0.05, 0.1) is 5.25 Å². The van der Waals surface area contributed by atoms with Crippen molar-refractivity contribution in [2.24, 2.45) is 0 Å². The van der Waals surface area contributed by atoms with Gasteiger partial charge in [0.25, 0.3) is 10.1 Å². The molecule has 0 rings (SSSR count). The Morgan fingerprint density at radius 3 is 2.20 bits per heavy atom. The number of rotatable bonds is 4.